The number of hydrogen-bond donors (Lipinski definition) is 2. The van der Waals surface area contributed by atoms with Crippen LogP contribution < -0.4 is 11.1 Å². The zero-order chi connectivity index (χ0) is 14.5. The lowest BCUT2D eigenvalue weighted by Crippen LogP contribution is -2.27. The molecule has 3 nitrogen and oxygen atoms in total. The fraction of sp³-hybridized carbons (Fsp3) is 0.188. The Balaban J connectivity index is 2.01. The van der Waals surface area contributed by atoms with E-state index in [1.807, 2.05) is 18.2 Å². The van der Waals surface area contributed by atoms with Gasteiger partial charge in [0, 0.05) is 12.2 Å². The van der Waals surface area contributed by atoms with Gasteiger partial charge in [0.2, 0.25) is 0 Å². The van der Waals surface area contributed by atoms with E-state index >= 15 is 0 Å². The minimum absolute atomic E-state index is 0.119. The van der Waals surface area contributed by atoms with Crippen LogP contribution in [0.15, 0.2) is 53.0 Å². The average Bonchev–Trinajstić information content (AvgIpc) is 2.48. The van der Waals surface area contributed by atoms with Gasteiger partial charge in [-0.05, 0) is 39.5 Å². The molecule has 0 aliphatic carbocycles. The Labute approximate surface area is 127 Å². The first-order chi connectivity index (χ1) is 9.59. The Bertz CT molecular complexity index is 599. The molecule has 0 saturated carbocycles. The van der Waals surface area contributed by atoms with Crippen molar-refractivity contribution in [1.29, 1.82) is 0 Å². The Morgan fingerprint density at radius 2 is 1.90 bits per heavy atom. The minimum Gasteiger partial charge on any atom is -0.398 e. The van der Waals surface area contributed by atoms with Crippen molar-refractivity contribution < 1.29 is 4.79 Å². The van der Waals surface area contributed by atoms with Crippen LogP contribution in [-0.2, 0) is 0 Å². The number of carbonyl (C=O) groups is 1. The third kappa shape index (κ3) is 3.39. The largest absolute Gasteiger partial charge is 0.398 e. The topological polar surface area (TPSA) is 55.1 Å². The summed E-state index contributed by atoms with van der Waals surface area (Å²) >= 11 is 3.35. The summed E-state index contributed by atoms with van der Waals surface area (Å²) in [7, 11) is 0. The monoisotopic (exact) mass is 332 g/mol. The van der Waals surface area contributed by atoms with Gasteiger partial charge in [0.15, 0.2) is 0 Å². The lowest BCUT2D eigenvalue weighted by atomic mass is 10.0. The lowest BCUT2D eigenvalue weighted by molar-refractivity contribution is 0.0951. The van der Waals surface area contributed by atoms with Crippen molar-refractivity contribution in [2.45, 2.75) is 12.8 Å². The van der Waals surface area contributed by atoms with Crippen molar-refractivity contribution in [3.63, 3.8) is 0 Å². The van der Waals surface area contributed by atoms with Crippen molar-refractivity contribution in [1.82, 2.24) is 5.32 Å². The molecule has 3 N–H and O–H groups in total. The number of amides is 1. The molecule has 104 valence electrons. The highest BCUT2D eigenvalue weighted by molar-refractivity contribution is 9.10. The van der Waals surface area contributed by atoms with Gasteiger partial charge in [0.1, 0.15) is 0 Å². The molecule has 20 heavy (non-hydrogen) atoms. The highest BCUT2D eigenvalue weighted by Crippen LogP contribution is 2.23. The number of nitrogens with one attached hydrogen (secondary N) is 1. The number of nitrogens with two attached hydrogens (primary N) is 1. The van der Waals surface area contributed by atoms with Crippen molar-refractivity contribution in [2.75, 3.05) is 12.3 Å². The second-order valence-corrected chi connectivity index (χ2v) is 5.52. The van der Waals surface area contributed by atoms with E-state index in [9.17, 15) is 4.79 Å². The van der Waals surface area contributed by atoms with Crippen LogP contribution in [0, 0.1) is 0 Å². The molecule has 1 unspecified atom stereocenters. The van der Waals surface area contributed by atoms with Crippen LogP contribution in [0.3, 0.4) is 0 Å². The second kappa shape index (κ2) is 6.57. The third-order valence-electron chi connectivity index (χ3n) is 3.21. The molecular formula is C16H17BrN2O. The number of anilines is 1. The van der Waals surface area contributed by atoms with E-state index in [-0.39, 0.29) is 11.8 Å². The van der Waals surface area contributed by atoms with E-state index in [0.29, 0.717) is 22.3 Å². The Morgan fingerprint density at radius 1 is 1.20 bits per heavy atom. The fourth-order valence-electron chi connectivity index (χ4n) is 1.97. The van der Waals surface area contributed by atoms with Gasteiger partial charge in [-0.2, -0.15) is 0 Å². The van der Waals surface area contributed by atoms with E-state index in [1.54, 1.807) is 18.2 Å². The number of hydrogen-bond acceptors (Lipinski definition) is 2. The van der Waals surface area contributed by atoms with Crippen molar-refractivity contribution in [3.8, 4) is 0 Å². The van der Waals surface area contributed by atoms with Crippen LogP contribution in [0.1, 0.15) is 28.8 Å². The number of rotatable bonds is 4. The molecule has 2 rings (SSSR count). The van der Waals surface area contributed by atoms with Crippen molar-refractivity contribution in [3.05, 3.63) is 64.1 Å². The van der Waals surface area contributed by atoms with E-state index in [0.717, 1.165) is 0 Å². The molecule has 0 bridgehead atoms. The molecule has 0 fully saturated rings. The Morgan fingerprint density at radius 3 is 2.60 bits per heavy atom. The SMILES string of the molecule is CC(CNC(=O)c1cccc(N)c1Br)c1ccccc1. The zero-order valence-electron chi connectivity index (χ0n) is 11.3. The predicted molar refractivity (Wildman–Crippen MR) is 85.7 cm³/mol. The molecule has 1 amide bonds. The van der Waals surface area contributed by atoms with E-state index in [4.69, 9.17) is 5.73 Å². The highest BCUT2D eigenvalue weighted by atomic mass is 79.9. The van der Waals surface area contributed by atoms with Gasteiger partial charge in [-0.1, -0.05) is 43.3 Å². The van der Waals surface area contributed by atoms with Crippen LogP contribution in [0.2, 0.25) is 0 Å². The standard InChI is InChI=1S/C16H17BrN2O/c1-11(12-6-3-2-4-7-12)10-19-16(20)13-8-5-9-14(18)15(13)17/h2-9,11H,10,18H2,1H3,(H,19,20). The summed E-state index contributed by atoms with van der Waals surface area (Å²) < 4.78 is 0.643. The maximum absolute atomic E-state index is 12.2. The summed E-state index contributed by atoms with van der Waals surface area (Å²) in [5.41, 5.74) is 8.11. The number of halogens is 1. The molecule has 0 aliphatic heterocycles. The molecule has 0 heterocycles. The van der Waals surface area contributed by atoms with Crippen LogP contribution >= 0.6 is 15.9 Å². The molecular weight excluding hydrogens is 316 g/mol. The summed E-state index contributed by atoms with van der Waals surface area (Å²) in [6, 6.07) is 15.4. The second-order valence-electron chi connectivity index (χ2n) is 4.73. The minimum atomic E-state index is -0.119. The van der Waals surface area contributed by atoms with E-state index < -0.39 is 0 Å². The van der Waals surface area contributed by atoms with Gasteiger partial charge in [0.05, 0.1) is 10.0 Å². The molecule has 1 atom stereocenters. The highest BCUT2D eigenvalue weighted by Gasteiger charge is 2.13. The molecule has 0 radical (unpaired) electrons. The van der Waals surface area contributed by atoms with Gasteiger partial charge in [-0.25, -0.2) is 0 Å². The number of benzene rings is 2. The molecule has 2 aromatic carbocycles. The quantitative estimate of drug-likeness (QED) is 0.841. The molecule has 2 aromatic rings. The van der Waals surface area contributed by atoms with Crippen molar-refractivity contribution in [2.24, 2.45) is 0 Å². The van der Waals surface area contributed by atoms with Gasteiger partial charge in [-0.3, -0.25) is 4.79 Å². The lowest BCUT2D eigenvalue weighted by Gasteiger charge is -2.14. The Hall–Kier alpha value is -1.81. The predicted octanol–water partition coefficient (Wildman–Crippen LogP) is 3.56. The summed E-state index contributed by atoms with van der Waals surface area (Å²) in [5.74, 6) is 0.145. The smallest absolute Gasteiger partial charge is 0.252 e. The normalized spacial score (nSPS) is 11.9. The summed E-state index contributed by atoms with van der Waals surface area (Å²) in [6.07, 6.45) is 0. The van der Waals surface area contributed by atoms with Crippen LogP contribution in [0.5, 0.6) is 0 Å². The van der Waals surface area contributed by atoms with Crippen LogP contribution in [-0.4, -0.2) is 12.5 Å². The maximum atomic E-state index is 12.2. The van der Waals surface area contributed by atoms with Crippen molar-refractivity contribution >= 4 is 27.5 Å². The van der Waals surface area contributed by atoms with Gasteiger partial charge in [0.25, 0.3) is 5.91 Å². The van der Waals surface area contributed by atoms with Crippen LogP contribution in [0.25, 0.3) is 0 Å². The van der Waals surface area contributed by atoms with Gasteiger partial charge >= 0.3 is 0 Å². The Kier molecular flexibility index (Phi) is 4.79. The third-order valence-corrected chi connectivity index (χ3v) is 4.10. The fourth-order valence-corrected chi connectivity index (χ4v) is 2.41. The van der Waals surface area contributed by atoms with E-state index in [2.05, 4.69) is 40.3 Å². The molecule has 0 saturated heterocycles. The number of nitrogen functional groups attached to an aromatic ring is 1. The first kappa shape index (κ1) is 14.6. The summed E-state index contributed by atoms with van der Waals surface area (Å²) in [4.78, 5) is 12.2. The first-order valence-corrected chi connectivity index (χ1v) is 7.26. The maximum Gasteiger partial charge on any atom is 0.252 e. The molecule has 0 spiro atoms. The summed E-state index contributed by atoms with van der Waals surface area (Å²) in [6.45, 7) is 2.67. The molecule has 0 aromatic heterocycles. The average molecular weight is 333 g/mol. The molecule has 0 aliphatic rings. The number of carbonyl (C=O) groups excluding carboxylic acids is 1. The summed E-state index contributed by atoms with van der Waals surface area (Å²) in [5, 5.41) is 2.94. The van der Waals surface area contributed by atoms with Gasteiger partial charge in [-0.15, -0.1) is 0 Å². The van der Waals surface area contributed by atoms with Gasteiger partial charge < -0.3 is 11.1 Å². The zero-order valence-corrected chi connectivity index (χ0v) is 12.9. The van der Waals surface area contributed by atoms with Crippen LogP contribution in [0.4, 0.5) is 5.69 Å². The van der Waals surface area contributed by atoms with E-state index in [1.165, 1.54) is 5.56 Å². The molecule has 4 heteroatoms. The first-order valence-electron chi connectivity index (χ1n) is 6.46.